The Kier molecular flexibility index (Phi) is 6.65. The lowest BCUT2D eigenvalue weighted by atomic mass is 9.81. The molecule has 2 aliphatic rings. The van der Waals surface area contributed by atoms with E-state index in [1.165, 1.54) is 0 Å². The van der Waals surface area contributed by atoms with E-state index in [4.69, 9.17) is 16.3 Å². The monoisotopic (exact) mass is 424 g/mol. The predicted molar refractivity (Wildman–Crippen MR) is 111 cm³/mol. The van der Waals surface area contributed by atoms with Gasteiger partial charge >= 0.3 is 0 Å². The summed E-state index contributed by atoms with van der Waals surface area (Å²) in [4.78, 5) is 13.3. The molecule has 0 spiro atoms. The highest BCUT2D eigenvalue weighted by Gasteiger charge is 2.41. The van der Waals surface area contributed by atoms with Crippen LogP contribution in [-0.2, 0) is 22.1 Å². The van der Waals surface area contributed by atoms with Crippen LogP contribution in [0.2, 0.25) is 5.02 Å². The van der Waals surface area contributed by atoms with E-state index in [1.807, 2.05) is 43.7 Å². The zero-order valence-electron chi connectivity index (χ0n) is 15.9. The van der Waals surface area contributed by atoms with E-state index >= 15 is 0 Å². The smallest absolute Gasteiger partial charge is 0.225 e. The van der Waals surface area contributed by atoms with Crippen molar-refractivity contribution in [3.63, 3.8) is 0 Å². The van der Waals surface area contributed by atoms with Gasteiger partial charge in [0.15, 0.2) is 0 Å². The largest absolute Gasteiger partial charge is 0.381 e. The van der Waals surface area contributed by atoms with Gasteiger partial charge in [0.1, 0.15) is 0 Å². The minimum absolute atomic E-state index is 0. The number of halogens is 2. The molecule has 0 saturated carbocycles. The van der Waals surface area contributed by atoms with E-state index in [-0.39, 0.29) is 30.2 Å². The Morgan fingerprint density at radius 1 is 1.29 bits per heavy atom. The van der Waals surface area contributed by atoms with E-state index in [0.717, 1.165) is 30.5 Å². The molecule has 152 valence electrons. The second-order valence-electron chi connectivity index (χ2n) is 7.51. The summed E-state index contributed by atoms with van der Waals surface area (Å²) in [5, 5.41) is 11.7. The Morgan fingerprint density at radius 2 is 2.00 bits per heavy atom. The van der Waals surface area contributed by atoms with Crippen LogP contribution in [-0.4, -0.2) is 42.0 Å². The molecule has 6 nitrogen and oxygen atoms in total. The number of hydrogen-bond donors (Lipinski definition) is 2. The molecular weight excluding hydrogens is 399 g/mol. The second kappa shape index (κ2) is 8.82. The maximum absolute atomic E-state index is 13.3. The quantitative estimate of drug-likeness (QED) is 0.791. The number of amides is 1. The molecular formula is C20H26Cl2N4O2. The summed E-state index contributed by atoms with van der Waals surface area (Å²) in [5.41, 5.74) is 1.80. The molecule has 2 aromatic rings. The fraction of sp³-hybridized carbons (Fsp3) is 0.500. The van der Waals surface area contributed by atoms with Crippen molar-refractivity contribution in [3.8, 4) is 0 Å². The summed E-state index contributed by atoms with van der Waals surface area (Å²) in [7, 11) is 1.90. The maximum Gasteiger partial charge on any atom is 0.225 e. The first-order valence-corrected chi connectivity index (χ1v) is 9.80. The highest BCUT2D eigenvalue weighted by atomic mass is 35.5. The van der Waals surface area contributed by atoms with E-state index in [0.29, 0.717) is 24.8 Å². The minimum atomic E-state index is -0.401. The molecule has 3 heterocycles. The van der Waals surface area contributed by atoms with Crippen LogP contribution in [0.15, 0.2) is 36.7 Å². The molecule has 8 heteroatoms. The Bertz CT molecular complexity index is 803. The lowest BCUT2D eigenvalue weighted by Crippen LogP contribution is -2.52. The first-order chi connectivity index (χ1) is 13.1. The van der Waals surface area contributed by atoms with Crippen molar-refractivity contribution >= 4 is 29.9 Å². The van der Waals surface area contributed by atoms with Crippen LogP contribution in [0.1, 0.15) is 29.9 Å². The van der Waals surface area contributed by atoms with Gasteiger partial charge in [-0.1, -0.05) is 23.7 Å². The molecule has 2 fully saturated rings. The third kappa shape index (κ3) is 4.20. The van der Waals surface area contributed by atoms with Gasteiger partial charge in [-0.05, 0) is 36.1 Å². The number of carbonyl (C=O) groups excluding carboxylic acids is 1. The Labute approximate surface area is 176 Å². The fourth-order valence-electron chi connectivity index (χ4n) is 4.24. The molecule has 2 N–H and O–H groups in total. The number of hydrogen-bond acceptors (Lipinski definition) is 4. The van der Waals surface area contributed by atoms with Crippen LogP contribution >= 0.6 is 24.0 Å². The van der Waals surface area contributed by atoms with Gasteiger partial charge in [-0.25, -0.2) is 0 Å². The van der Waals surface area contributed by atoms with Gasteiger partial charge in [0.2, 0.25) is 5.91 Å². The van der Waals surface area contributed by atoms with Crippen molar-refractivity contribution in [2.45, 2.75) is 24.3 Å². The third-order valence-electron chi connectivity index (χ3n) is 5.81. The third-order valence-corrected chi connectivity index (χ3v) is 6.06. The van der Waals surface area contributed by atoms with Crippen LogP contribution in [0.25, 0.3) is 0 Å². The summed E-state index contributed by atoms with van der Waals surface area (Å²) in [5.74, 6) is 0.118. The van der Waals surface area contributed by atoms with Gasteiger partial charge in [-0.15, -0.1) is 12.4 Å². The SMILES string of the molecule is Cl.Cn1cc([C@H]2CNC[C@@H]2C(=O)NC2(c3ccc(Cl)cc3)CCOCC2)cn1. The lowest BCUT2D eigenvalue weighted by Gasteiger charge is -2.39. The van der Waals surface area contributed by atoms with E-state index in [2.05, 4.69) is 15.7 Å². The average Bonchev–Trinajstić information content (AvgIpc) is 3.31. The normalized spacial score (nSPS) is 23.8. The van der Waals surface area contributed by atoms with Gasteiger partial charge in [-0.2, -0.15) is 5.10 Å². The van der Waals surface area contributed by atoms with Crippen LogP contribution in [0, 0.1) is 5.92 Å². The van der Waals surface area contributed by atoms with Gasteiger partial charge in [0.25, 0.3) is 0 Å². The zero-order chi connectivity index (χ0) is 18.9. The molecule has 1 aromatic carbocycles. The molecule has 4 rings (SSSR count). The maximum atomic E-state index is 13.3. The fourth-order valence-corrected chi connectivity index (χ4v) is 4.37. The molecule has 1 amide bonds. The Balaban J connectivity index is 0.00000225. The molecule has 2 atom stereocenters. The number of rotatable bonds is 4. The molecule has 0 aliphatic carbocycles. The second-order valence-corrected chi connectivity index (χ2v) is 7.95. The highest BCUT2D eigenvalue weighted by molar-refractivity contribution is 6.30. The summed E-state index contributed by atoms with van der Waals surface area (Å²) in [6, 6.07) is 7.80. The summed E-state index contributed by atoms with van der Waals surface area (Å²) in [6.45, 7) is 2.75. The highest BCUT2D eigenvalue weighted by Crippen LogP contribution is 2.35. The number of nitrogens with zero attached hydrogens (tertiary/aromatic N) is 2. The van der Waals surface area contributed by atoms with Gasteiger partial charge in [0, 0.05) is 50.5 Å². The van der Waals surface area contributed by atoms with Crippen molar-refractivity contribution in [2.24, 2.45) is 13.0 Å². The first kappa shape index (κ1) is 21.1. The lowest BCUT2D eigenvalue weighted by molar-refractivity contribution is -0.128. The van der Waals surface area contributed by atoms with Crippen molar-refractivity contribution in [1.29, 1.82) is 0 Å². The van der Waals surface area contributed by atoms with Crippen LogP contribution in [0.3, 0.4) is 0 Å². The van der Waals surface area contributed by atoms with Crippen molar-refractivity contribution < 1.29 is 9.53 Å². The standard InChI is InChI=1S/C20H25ClN4O2.ClH/c1-25-13-14(10-23-25)17-11-22-12-18(17)19(26)24-20(6-8-27-9-7-20)15-2-4-16(21)5-3-15;/h2-5,10,13,17-18,22H,6-9,11-12H2,1H3,(H,24,26);1H/t17-,18+;/m1./s1. The summed E-state index contributed by atoms with van der Waals surface area (Å²) >= 11 is 6.07. The molecule has 2 saturated heterocycles. The number of benzene rings is 1. The van der Waals surface area contributed by atoms with Gasteiger partial charge in [-0.3, -0.25) is 9.48 Å². The topological polar surface area (TPSA) is 68.2 Å². The van der Waals surface area contributed by atoms with Crippen molar-refractivity contribution in [3.05, 3.63) is 52.8 Å². The summed E-state index contributed by atoms with van der Waals surface area (Å²) < 4.78 is 7.36. The molecule has 2 aliphatic heterocycles. The molecule has 28 heavy (non-hydrogen) atoms. The number of aromatic nitrogens is 2. The number of ether oxygens (including phenoxy) is 1. The van der Waals surface area contributed by atoms with Crippen LogP contribution in [0.5, 0.6) is 0 Å². The Hall–Kier alpha value is -1.60. The average molecular weight is 425 g/mol. The van der Waals surface area contributed by atoms with E-state index in [9.17, 15) is 4.79 Å². The van der Waals surface area contributed by atoms with Crippen LogP contribution < -0.4 is 10.6 Å². The van der Waals surface area contributed by atoms with Gasteiger partial charge in [0.05, 0.1) is 17.7 Å². The van der Waals surface area contributed by atoms with Gasteiger partial charge < -0.3 is 15.4 Å². The first-order valence-electron chi connectivity index (χ1n) is 9.42. The van der Waals surface area contributed by atoms with Crippen LogP contribution in [0.4, 0.5) is 0 Å². The molecule has 1 aromatic heterocycles. The Morgan fingerprint density at radius 3 is 2.64 bits per heavy atom. The minimum Gasteiger partial charge on any atom is -0.381 e. The molecule has 0 radical (unpaired) electrons. The van der Waals surface area contributed by atoms with E-state index < -0.39 is 5.54 Å². The number of aryl methyl sites for hydroxylation is 1. The van der Waals surface area contributed by atoms with Crippen molar-refractivity contribution in [2.75, 3.05) is 26.3 Å². The van der Waals surface area contributed by atoms with Crippen molar-refractivity contribution in [1.82, 2.24) is 20.4 Å². The number of nitrogens with one attached hydrogen (secondary N) is 2. The molecule has 0 bridgehead atoms. The zero-order valence-corrected chi connectivity index (χ0v) is 17.4. The summed E-state index contributed by atoms with van der Waals surface area (Å²) in [6.07, 6.45) is 5.39. The molecule has 0 unspecified atom stereocenters. The van der Waals surface area contributed by atoms with E-state index in [1.54, 1.807) is 4.68 Å². The predicted octanol–water partition coefficient (Wildman–Crippen LogP) is 2.62. The number of carbonyl (C=O) groups is 1.